The number of aryl methyl sites for hydroxylation is 2. The Hall–Kier alpha value is -3.19. The number of pyridine rings is 1. The highest BCUT2D eigenvalue weighted by atomic mass is 19.4. The van der Waals surface area contributed by atoms with Crippen LogP contribution in [0.15, 0.2) is 66.9 Å². The number of halogens is 3. The van der Waals surface area contributed by atoms with Gasteiger partial charge in [-0.15, -0.1) is 0 Å². The monoisotopic (exact) mass is 494 g/mol. The number of nitrogens with one attached hydrogen (secondary N) is 1. The average Bonchev–Trinajstić information content (AvgIpc) is 2.85. The van der Waals surface area contributed by atoms with Crippen LogP contribution in [0.5, 0.6) is 0 Å². The van der Waals surface area contributed by atoms with E-state index < -0.39 is 17.2 Å². The van der Waals surface area contributed by atoms with Crippen LogP contribution >= 0.6 is 0 Å². The zero-order valence-corrected chi connectivity index (χ0v) is 20.1. The van der Waals surface area contributed by atoms with Crippen molar-refractivity contribution < 1.29 is 23.1 Å². The van der Waals surface area contributed by atoms with E-state index in [9.17, 15) is 23.1 Å². The van der Waals surface area contributed by atoms with Crippen LogP contribution in [-0.2, 0) is 18.3 Å². The van der Waals surface area contributed by atoms with Gasteiger partial charge in [-0.1, -0.05) is 36.4 Å². The molecule has 188 valence electrons. The van der Waals surface area contributed by atoms with Gasteiger partial charge >= 0.3 is 6.18 Å². The van der Waals surface area contributed by atoms with Crippen molar-refractivity contribution in [1.29, 1.82) is 0 Å². The molecule has 7 heteroatoms. The van der Waals surface area contributed by atoms with Gasteiger partial charge in [-0.2, -0.15) is 13.2 Å². The maximum absolute atomic E-state index is 13.8. The minimum Gasteiger partial charge on any atom is -0.380 e. The summed E-state index contributed by atoms with van der Waals surface area (Å²) < 4.78 is 41.3. The first-order chi connectivity index (χ1) is 17.1. The second-order valence-electron chi connectivity index (χ2n) is 10.3. The summed E-state index contributed by atoms with van der Waals surface area (Å²) >= 11 is 0. The molecule has 3 atom stereocenters. The smallest absolute Gasteiger partial charge is 0.380 e. The highest BCUT2D eigenvalue weighted by molar-refractivity contribution is 6.04. The average molecular weight is 495 g/mol. The molecule has 2 aliphatic carbocycles. The van der Waals surface area contributed by atoms with Crippen molar-refractivity contribution >= 4 is 11.6 Å². The lowest BCUT2D eigenvalue weighted by molar-refractivity contribution is -0.279. The molecular weight excluding hydrogens is 465 g/mol. The number of rotatable bonds is 4. The molecule has 1 heterocycles. The molecule has 0 saturated heterocycles. The number of carbonyl (C=O) groups is 1. The largest absolute Gasteiger partial charge is 0.417 e. The van der Waals surface area contributed by atoms with E-state index in [0.717, 1.165) is 16.7 Å². The van der Waals surface area contributed by atoms with Crippen molar-refractivity contribution in [2.45, 2.75) is 62.6 Å². The van der Waals surface area contributed by atoms with Crippen LogP contribution in [0.2, 0.25) is 0 Å². The Bertz CT molecular complexity index is 1280. The molecule has 1 fully saturated rings. The highest BCUT2D eigenvalue weighted by Gasteiger charge is 2.61. The van der Waals surface area contributed by atoms with Crippen LogP contribution in [0.1, 0.15) is 58.4 Å². The normalized spacial score (nSPS) is 25.5. The van der Waals surface area contributed by atoms with E-state index in [1.165, 1.54) is 0 Å². The molecule has 1 aromatic heterocycles. The summed E-state index contributed by atoms with van der Waals surface area (Å²) in [6.07, 6.45) is -1.69. The zero-order chi connectivity index (χ0) is 25.6. The Kier molecular flexibility index (Phi) is 6.15. The van der Waals surface area contributed by atoms with Crippen molar-refractivity contribution in [1.82, 2.24) is 4.98 Å². The van der Waals surface area contributed by atoms with Gasteiger partial charge in [0, 0.05) is 17.2 Å². The molecule has 2 unspecified atom stereocenters. The number of amides is 1. The summed E-state index contributed by atoms with van der Waals surface area (Å²) in [7, 11) is 0. The number of aromatic nitrogens is 1. The third-order valence-corrected chi connectivity index (χ3v) is 8.16. The van der Waals surface area contributed by atoms with Gasteiger partial charge in [0.05, 0.1) is 11.4 Å². The predicted octanol–water partition coefficient (Wildman–Crippen LogP) is 6.16. The van der Waals surface area contributed by atoms with Gasteiger partial charge in [-0.3, -0.25) is 9.78 Å². The van der Waals surface area contributed by atoms with E-state index >= 15 is 0 Å². The van der Waals surface area contributed by atoms with E-state index in [1.54, 1.807) is 24.4 Å². The van der Waals surface area contributed by atoms with Crippen molar-refractivity contribution in [3.8, 4) is 0 Å². The van der Waals surface area contributed by atoms with E-state index in [-0.39, 0.29) is 31.1 Å². The van der Waals surface area contributed by atoms with E-state index in [2.05, 4.69) is 10.3 Å². The molecule has 2 N–H and O–H groups in total. The van der Waals surface area contributed by atoms with Gasteiger partial charge in [0.25, 0.3) is 5.91 Å². The van der Waals surface area contributed by atoms with Gasteiger partial charge in [-0.05, 0) is 92.3 Å². The third-order valence-electron chi connectivity index (χ3n) is 8.16. The molecule has 0 bridgehead atoms. The summed E-state index contributed by atoms with van der Waals surface area (Å²) in [5, 5.41) is 13.5. The topological polar surface area (TPSA) is 62.2 Å². The summed E-state index contributed by atoms with van der Waals surface area (Å²) in [6, 6.07) is 18.9. The number of aliphatic hydroxyl groups is 1. The lowest BCUT2D eigenvalue weighted by Gasteiger charge is -2.53. The molecule has 0 spiro atoms. The molecule has 0 aliphatic heterocycles. The highest BCUT2D eigenvalue weighted by Crippen LogP contribution is 2.57. The fraction of sp³-hybridized carbons (Fsp3) is 0.379. The number of nitrogens with zero attached hydrogens (tertiary/aromatic N) is 1. The van der Waals surface area contributed by atoms with Crippen LogP contribution < -0.4 is 5.32 Å². The predicted molar refractivity (Wildman–Crippen MR) is 132 cm³/mol. The number of carbonyl (C=O) groups excluding carboxylic acids is 1. The minimum absolute atomic E-state index is 0.232. The summed E-state index contributed by atoms with van der Waals surface area (Å²) in [5.41, 5.74) is 1.73. The number of anilines is 1. The standard InChI is InChI=1S/C29H29F3N2O2/c1-19-25(8-5-15-33-19)34-26(35)22-10-12-24-21(16-22)9-11-23-18-28(36,29(30,31)32)14-13-27(23,24)17-20-6-3-2-4-7-20/h2-8,10,12,15-16,23,36H,9,11,13-14,17-18H2,1H3,(H,34,35)/t23?,27-,28?/m0/s1. The van der Waals surface area contributed by atoms with Crippen LogP contribution in [0.4, 0.5) is 18.9 Å². The maximum Gasteiger partial charge on any atom is 0.417 e. The Labute approximate surface area is 208 Å². The number of hydrogen-bond donors (Lipinski definition) is 2. The van der Waals surface area contributed by atoms with Crippen LogP contribution in [0.25, 0.3) is 0 Å². The van der Waals surface area contributed by atoms with Gasteiger partial charge in [0.1, 0.15) is 0 Å². The van der Waals surface area contributed by atoms with Crippen LogP contribution in [-0.4, -0.2) is 27.8 Å². The maximum atomic E-state index is 13.8. The van der Waals surface area contributed by atoms with Crippen molar-refractivity contribution in [2.75, 3.05) is 5.32 Å². The number of benzene rings is 2. The lowest BCUT2D eigenvalue weighted by Crippen LogP contribution is -2.56. The Morgan fingerprint density at radius 2 is 1.89 bits per heavy atom. The van der Waals surface area contributed by atoms with Gasteiger partial charge in [0.15, 0.2) is 5.60 Å². The van der Waals surface area contributed by atoms with E-state index in [4.69, 9.17) is 0 Å². The van der Waals surface area contributed by atoms with Crippen LogP contribution in [0, 0.1) is 12.8 Å². The Balaban J connectivity index is 1.51. The van der Waals surface area contributed by atoms with E-state index in [0.29, 0.717) is 36.2 Å². The van der Waals surface area contributed by atoms with Gasteiger partial charge < -0.3 is 10.4 Å². The van der Waals surface area contributed by atoms with E-state index in [1.807, 2.05) is 49.4 Å². The van der Waals surface area contributed by atoms with Gasteiger partial charge in [-0.25, -0.2) is 0 Å². The lowest BCUT2D eigenvalue weighted by atomic mass is 9.52. The first-order valence-corrected chi connectivity index (χ1v) is 12.3. The third kappa shape index (κ3) is 4.30. The molecule has 1 saturated carbocycles. The zero-order valence-electron chi connectivity index (χ0n) is 20.1. The fourth-order valence-corrected chi connectivity index (χ4v) is 6.19. The molecule has 0 radical (unpaired) electrons. The van der Waals surface area contributed by atoms with Crippen molar-refractivity contribution in [2.24, 2.45) is 5.92 Å². The second-order valence-corrected chi connectivity index (χ2v) is 10.3. The van der Waals surface area contributed by atoms with Crippen molar-refractivity contribution in [3.63, 3.8) is 0 Å². The summed E-state index contributed by atoms with van der Waals surface area (Å²) in [6.45, 7) is 1.82. The molecule has 3 aromatic rings. The first-order valence-electron chi connectivity index (χ1n) is 12.3. The van der Waals surface area contributed by atoms with Crippen molar-refractivity contribution in [3.05, 3.63) is 94.8 Å². The molecule has 5 rings (SSSR count). The fourth-order valence-electron chi connectivity index (χ4n) is 6.19. The number of alkyl halides is 3. The molecule has 2 aliphatic rings. The quantitative estimate of drug-likeness (QED) is 0.457. The van der Waals surface area contributed by atoms with Gasteiger partial charge in [0.2, 0.25) is 0 Å². The second kappa shape index (κ2) is 9.04. The summed E-state index contributed by atoms with van der Waals surface area (Å²) in [5.74, 6) is -0.563. The summed E-state index contributed by atoms with van der Waals surface area (Å²) in [4.78, 5) is 17.2. The first kappa shape index (κ1) is 24.5. The number of fused-ring (bicyclic) bond motifs is 3. The number of hydrogen-bond acceptors (Lipinski definition) is 3. The molecular formula is C29H29F3N2O2. The molecule has 2 aromatic carbocycles. The Morgan fingerprint density at radius 3 is 2.61 bits per heavy atom. The SMILES string of the molecule is Cc1ncccc1NC(=O)c1ccc2c(c1)CCC1CC(O)(C(F)(F)F)CC[C@@]21Cc1ccccc1. The Morgan fingerprint density at radius 1 is 1.11 bits per heavy atom. The molecule has 36 heavy (non-hydrogen) atoms. The van der Waals surface area contributed by atoms with Crippen LogP contribution in [0.3, 0.4) is 0 Å². The molecule has 4 nitrogen and oxygen atoms in total. The molecule has 1 amide bonds. The minimum atomic E-state index is -4.65.